The van der Waals surface area contributed by atoms with Gasteiger partial charge in [0.2, 0.25) is 0 Å². The molecule has 0 rings (SSSR count). The topological polar surface area (TPSA) is 0 Å². The van der Waals surface area contributed by atoms with E-state index in [-0.39, 0.29) is 16.1 Å². The molecule has 8 heavy (non-hydrogen) atoms. The van der Waals surface area contributed by atoms with Crippen molar-refractivity contribution >= 4 is 34.8 Å². The summed E-state index contributed by atoms with van der Waals surface area (Å²) in [5.74, 6) is 0. The fourth-order valence-corrected chi connectivity index (χ4v) is 0.876. The van der Waals surface area contributed by atoms with Gasteiger partial charge in [-0.2, -0.15) is 0 Å². The molecule has 0 bridgehead atoms. The van der Waals surface area contributed by atoms with Crippen molar-refractivity contribution in [1.29, 1.82) is 0 Å². The van der Waals surface area contributed by atoms with E-state index in [9.17, 15) is 0 Å². The van der Waals surface area contributed by atoms with Gasteiger partial charge in [0, 0.05) is 10.8 Å². The molecule has 0 fully saturated rings. The largest absolute Gasteiger partial charge is 0.122 e. The smallest absolute Gasteiger partial charge is 0.0657 e. The molecule has 0 heterocycles. The highest BCUT2D eigenvalue weighted by Crippen LogP contribution is 2.16. The van der Waals surface area contributed by atoms with Crippen molar-refractivity contribution in [3.8, 4) is 0 Å². The molecule has 0 aliphatic heterocycles. The Kier molecular flexibility index (Phi) is 4.23. The maximum absolute atomic E-state index is 5.69. The lowest BCUT2D eigenvalue weighted by atomic mass is 10.2. The predicted molar refractivity (Wildman–Crippen MR) is 40.3 cm³/mol. The Labute approximate surface area is 65.1 Å². The Morgan fingerprint density at radius 3 is 1.12 bits per heavy atom. The first-order valence-corrected chi connectivity index (χ1v) is 3.79. The van der Waals surface area contributed by atoms with Crippen LogP contribution < -0.4 is 0 Å². The van der Waals surface area contributed by atoms with E-state index in [4.69, 9.17) is 34.8 Å². The van der Waals surface area contributed by atoms with Crippen molar-refractivity contribution in [2.45, 2.75) is 30.0 Å². The van der Waals surface area contributed by atoms with Crippen LogP contribution in [0.4, 0.5) is 0 Å². The summed E-state index contributed by atoms with van der Waals surface area (Å²) >= 11 is 16.9. The monoisotopic (exact) mass is 174 g/mol. The van der Waals surface area contributed by atoms with Gasteiger partial charge in [0.15, 0.2) is 0 Å². The van der Waals surface area contributed by atoms with Crippen molar-refractivity contribution in [3.63, 3.8) is 0 Å². The number of hydrogen-bond donors (Lipinski definition) is 0. The Morgan fingerprint density at radius 1 is 0.875 bits per heavy atom. The number of rotatable bonds is 2. The van der Waals surface area contributed by atoms with Crippen LogP contribution in [0.2, 0.25) is 0 Å². The minimum absolute atomic E-state index is 0.0517. The summed E-state index contributed by atoms with van der Waals surface area (Å²) in [4.78, 5) is 0. The van der Waals surface area contributed by atoms with Gasteiger partial charge in [-0.05, 0) is 13.8 Å². The quantitative estimate of drug-likeness (QED) is 0.566. The highest BCUT2D eigenvalue weighted by molar-refractivity contribution is 6.34. The number of alkyl halides is 3. The van der Waals surface area contributed by atoms with Crippen LogP contribution in [-0.2, 0) is 0 Å². The second-order valence-electron chi connectivity index (χ2n) is 1.80. The third-order valence-electron chi connectivity index (χ3n) is 0.878. The summed E-state index contributed by atoms with van der Waals surface area (Å²) in [7, 11) is 0. The van der Waals surface area contributed by atoms with Crippen LogP contribution in [0.1, 0.15) is 13.8 Å². The van der Waals surface area contributed by atoms with Gasteiger partial charge in [-0.15, -0.1) is 34.8 Å². The van der Waals surface area contributed by atoms with Crippen molar-refractivity contribution < 1.29 is 0 Å². The van der Waals surface area contributed by atoms with Gasteiger partial charge in [0.25, 0.3) is 0 Å². The molecule has 0 aromatic rings. The van der Waals surface area contributed by atoms with Crippen LogP contribution >= 0.6 is 34.8 Å². The van der Waals surface area contributed by atoms with Gasteiger partial charge in [-0.25, -0.2) is 0 Å². The van der Waals surface area contributed by atoms with Crippen molar-refractivity contribution in [1.82, 2.24) is 0 Å². The molecule has 0 amide bonds. The standard InChI is InChI=1S/C5H9Cl3/c1-3(6)5(8)4(2)7/h3-5H,1-2H3. The van der Waals surface area contributed by atoms with E-state index < -0.39 is 0 Å². The molecule has 0 radical (unpaired) electrons. The Morgan fingerprint density at radius 2 is 1.12 bits per heavy atom. The highest BCUT2D eigenvalue weighted by atomic mass is 35.5. The van der Waals surface area contributed by atoms with Gasteiger partial charge < -0.3 is 0 Å². The summed E-state index contributed by atoms with van der Waals surface area (Å²) in [5.41, 5.74) is 0. The molecule has 2 unspecified atom stereocenters. The second kappa shape index (κ2) is 3.81. The lowest BCUT2D eigenvalue weighted by Crippen LogP contribution is -2.19. The second-order valence-corrected chi connectivity index (χ2v) is 3.68. The molecule has 0 aliphatic carbocycles. The van der Waals surface area contributed by atoms with Gasteiger partial charge in [0.1, 0.15) is 0 Å². The molecule has 0 spiro atoms. The normalized spacial score (nSPS) is 22.1. The van der Waals surface area contributed by atoms with Crippen LogP contribution in [-0.4, -0.2) is 16.1 Å². The Bertz CT molecular complexity index is 52.7. The summed E-state index contributed by atoms with van der Waals surface area (Å²) in [6.45, 7) is 3.66. The van der Waals surface area contributed by atoms with E-state index >= 15 is 0 Å². The lowest BCUT2D eigenvalue weighted by molar-refractivity contribution is 0.797. The summed E-state index contributed by atoms with van der Waals surface area (Å²) < 4.78 is 0. The van der Waals surface area contributed by atoms with Crippen LogP contribution in [0.25, 0.3) is 0 Å². The summed E-state index contributed by atoms with van der Waals surface area (Å²) in [6, 6.07) is 0. The maximum atomic E-state index is 5.69. The van der Waals surface area contributed by atoms with Gasteiger partial charge in [-0.1, -0.05) is 0 Å². The van der Waals surface area contributed by atoms with Crippen molar-refractivity contribution in [2.75, 3.05) is 0 Å². The Balaban J connectivity index is 3.46. The molecular formula is C5H9Cl3. The number of halogens is 3. The zero-order valence-corrected chi connectivity index (χ0v) is 7.13. The van der Waals surface area contributed by atoms with Crippen LogP contribution in [0, 0.1) is 0 Å². The SMILES string of the molecule is CC(Cl)C(Cl)C(C)Cl. The first kappa shape index (κ1) is 8.87. The molecule has 0 saturated heterocycles. The average molecular weight is 175 g/mol. The molecule has 0 nitrogen and oxygen atoms in total. The summed E-state index contributed by atoms with van der Waals surface area (Å²) in [6.07, 6.45) is 0. The van der Waals surface area contributed by atoms with Crippen LogP contribution in [0.3, 0.4) is 0 Å². The van der Waals surface area contributed by atoms with E-state index in [1.165, 1.54) is 0 Å². The van der Waals surface area contributed by atoms with E-state index in [1.807, 2.05) is 13.8 Å². The van der Waals surface area contributed by atoms with Gasteiger partial charge in [0.05, 0.1) is 5.38 Å². The van der Waals surface area contributed by atoms with Crippen LogP contribution in [0.5, 0.6) is 0 Å². The fourth-order valence-electron chi connectivity index (χ4n) is 0.365. The van der Waals surface area contributed by atoms with E-state index in [0.717, 1.165) is 0 Å². The van der Waals surface area contributed by atoms with E-state index in [1.54, 1.807) is 0 Å². The van der Waals surface area contributed by atoms with E-state index in [2.05, 4.69) is 0 Å². The molecule has 0 aromatic heterocycles. The molecule has 3 heteroatoms. The minimum atomic E-state index is -0.127. The zero-order chi connectivity index (χ0) is 6.73. The van der Waals surface area contributed by atoms with Gasteiger partial charge >= 0.3 is 0 Å². The molecule has 50 valence electrons. The molecule has 0 N–H and O–H groups in total. The first-order chi connectivity index (χ1) is 3.55. The highest BCUT2D eigenvalue weighted by Gasteiger charge is 2.16. The van der Waals surface area contributed by atoms with Gasteiger partial charge in [-0.3, -0.25) is 0 Å². The van der Waals surface area contributed by atoms with E-state index in [0.29, 0.717) is 0 Å². The number of hydrogen-bond acceptors (Lipinski definition) is 0. The fraction of sp³-hybridized carbons (Fsp3) is 1.00. The first-order valence-electron chi connectivity index (χ1n) is 2.48. The average Bonchev–Trinajstić information content (AvgIpc) is 1.64. The predicted octanol–water partition coefficient (Wildman–Crippen LogP) is 2.85. The van der Waals surface area contributed by atoms with Crippen molar-refractivity contribution in [2.24, 2.45) is 0 Å². The lowest BCUT2D eigenvalue weighted by Gasteiger charge is -2.12. The molecule has 0 aromatic carbocycles. The summed E-state index contributed by atoms with van der Waals surface area (Å²) in [5, 5.41) is -0.230. The third kappa shape index (κ3) is 3.01. The van der Waals surface area contributed by atoms with Crippen LogP contribution in [0.15, 0.2) is 0 Å². The third-order valence-corrected chi connectivity index (χ3v) is 2.43. The zero-order valence-electron chi connectivity index (χ0n) is 4.87. The molecule has 2 atom stereocenters. The molecular weight excluding hydrogens is 166 g/mol. The maximum Gasteiger partial charge on any atom is 0.0657 e. The minimum Gasteiger partial charge on any atom is -0.122 e. The molecule has 0 aliphatic rings. The van der Waals surface area contributed by atoms with Crippen molar-refractivity contribution in [3.05, 3.63) is 0 Å². The Hall–Kier alpha value is 0.870. The molecule has 0 saturated carbocycles.